The highest BCUT2D eigenvalue weighted by molar-refractivity contribution is 6.35. The minimum absolute atomic E-state index is 0.175. The second-order valence-electron chi connectivity index (χ2n) is 7.15. The highest BCUT2D eigenvalue weighted by atomic mass is 35.5. The van der Waals surface area contributed by atoms with Crippen molar-refractivity contribution in [2.45, 2.75) is 44.7 Å². The van der Waals surface area contributed by atoms with Crippen LogP contribution in [0.4, 0.5) is 0 Å². The van der Waals surface area contributed by atoms with Gasteiger partial charge in [-0.2, -0.15) is 0 Å². The highest BCUT2D eigenvalue weighted by Gasteiger charge is 2.22. The molecule has 1 saturated heterocycles. The van der Waals surface area contributed by atoms with Crippen LogP contribution in [0.3, 0.4) is 0 Å². The molecule has 1 heterocycles. The molecule has 1 amide bonds. The highest BCUT2D eigenvalue weighted by Crippen LogP contribution is 2.26. The Labute approximate surface area is 160 Å². The maximum absolute atomic E-state index is 12.2. The minimum atomic E-state index is 0.175. The summed E-state index contributed by atoms with van der Waals surface area (Å²) < 4.78 is 0. The van der Waals surface area contributed by atoms with Gasteiger partial charge in [0.25, 0.3) is 0 Å². The van der Waals surface area contributed by atoms with Crippen molar-refractivity contribution < 1.29 is 4.79 Å². The second kappa shape index (κ2) is 9.22. The van der Waals surface area contributed by atoms with Gasteiger partial charge in [-0.1, -0.05) is 48.5 Å². The predicted molar refractivity (Wildman–Crippen MR) is 103 cm³/mol. The van der Waals surface area contributed by atoms with E-state index in [1.165, 1.54) is 19.3 Å². The fourth-order valence-corrected chi connectivity index (χ4v) is 4.25. The third-order valence-electron chi connectivity index (χ3n) is 5.25. The normalized spacial score (nSPS) is 20.6. The van der Waals surface area contributed by atoms with Crippen molar-refractivity contribution in [2.24, 2.45) is 0 Å². The van der Waals surface area contributed by atoms with E-state index in [2.05, 4.69) is 15.1 Å². The van der Waals surface area contributed by atoms with Crippen LogP contribution in [0, 0.1) is 0 Å². The van der Waals surface area contributed by atoms with E-state index < -0.39 is 0 Å². The Morgan fingerprint density at radius 3 is 2.24 bits per heavy atom. The molecule has 1 aromatic rings. The average molecular weight is 384 g/mol. The molecule has 1 N–H and O–H groups in total. The topological polar surface area (TPSA) is 35.6 Å². The standard InChI is InChI=1S/C19H27Cl2N3O/c20-17-7-4-8-18(21)16(17)13-23-9-11-24(12-10-23)14-19(25)22-15-5-2-1-3-6-15/h4,7-8,15H,1-3,5-6,9-14H2,(H,22,25). The monoisotopic (exact) mass is 383 g/mol. The van der Waals surface area contributed by atoms with Gasteiger partial charge in [0.1, 0.15) is 0 Å². The molecule has 2 aliphatic rings. The first-order valence-corrected chi connectivity index (χ1v) is 10.0. The molecule has 1 aromatic carbocycles. The first-order valence-electron chi connectivity index (χ1n) is 9.29. The fourth-order valence-electron chi connectivity index (χ4n) is 3.74. The summed E-state index contributed by atoms with van der Waals surface area (Å²) in [6.45, 7) is 4.94. The van der Waals surface area contributed by atoms with Gasteiger partial charge in [0, 0.05) is 54.4 Å². The molecule has 3 rings (SSSR count). The smallest absolute Gasteiger partial charge is 0.234 e. The number of halogens is 2. The molecule has 0 radical (unpaired) electrons. The van der Waals surface area contributed by atoms with E-state index in [1.807, 2.05) is 18.2 Å². The van der Waals surface area contributed by atoms with E-state index in [-0.39, 0.29) is 5.91 Å². The lowest BCUT2D eigenvalue weighted by Crippen LogP contribution is -2.50. The number of rotatable bonds is 5. The summed E-state index contributed by atoms with van der Waals surface area (Å²) >= 11 is 12.5. The zero-order chi connectivity index (χ0) is 17.6. The summed E-state index contributed by atoms with van der Waals surface area (Å²) in [6, 6.07) is 6.03. The number of hydrogen-bond donors (Lipinski definition) is 1. The Morgan fingerprint density at radius 2 is 1.60 bits per heavy atom. The zero-order valence-electron chi connectivity index (χ0n) is 14.6. The summed E-state index contributed by atoms with van der Waals surface area (Å²) in [7, 11) is 0. The van der Waals surface area contributed by atoms with Crippen LogP contribution in [0.25, 0.3) is 0 Å². The molecule has 0 atom stereocenters. The molecule has 0 unspecified atom stereocenters. The molecule has 0 bridgehead atoms. The Balaban J connectivity index is 1.41. The van der Waals surface area contributed by atoms with Crippen molar-refractivity contribution in [2.75, 3.05) is 32.7 Å². The van der Waals surface area contributed by atoms with Crippen LogP contribution in [-0.2, 0) is 11.3 Å². The molecule has 2 fully saturated rings. The molecule has 1 aliphatic carbocycles. The first-order chi connectivity index (χ1) is 12.1. The van der Waals surface area contributed by atoms with Gasteiger partial charge in [-0.3, -0.25) is 14.6 Å². The van der Waals surface area contributed by atoms with Crippen LogP contribution in [0.1, 0.15) is 37.7 Å². The van der Waals surface area contributed by atoms with Crippen molar-refractivity contribution in [3.63, 3.8) is 0 Å². The fraction of sp³-hybridized carbons (Fsp3) is 0.632. The van der Waals surface area contributed by atoms with Gasteiger partial charge in [0.05, 0.1) is 6.54 Å². The average Bonchev–Trinajstić information content (AvgIpc) is 2.60. The van der Waals surface area contributed by atoms with Gasteiger partial charge in [-0.05, 0) is 25.0 Å². The molecule has 6 heteroatoms. The van der Waals surface area contributed by atoms with Crippen molar-refractivity contribution >= 4 is 29.1 Å². The number of benzene rings is 1. The van der Waals surface area contributed by atoms with Gasteiger partial charge in [0.15, 0.2) is 0 Å². The molecular weight excluding hydrogens is 357 g/mol. The quantitative estimate of drug-likeness (QED) is 0.843. The summed E-state index contributed by atoms with van der Waals surface area (Å²) in [5, 5.41) is 4.65. The molecule has 0 aromatic heterocycles. The van der Waals surface area contributed by atoms with Crippen molar-refractivity contribution in [3.8, 4) is 0 Å². The molecular formula is C19H27Cl2N3O. The third-order valence-corrected chi connectivity index (χ3v) is 5.95. The van der Waals surface area contributed by atoms with E-state index in [0.717, 1.165) is 61.2 Å². The van der Waals surface area contributed by atoms with E-state index in [1.54, 1.807) is 0 Å². The van der Waals surface area contributed by atoms with Crippen LogP contribution >= 0.6 is 23.2 Å². The summed E-state index contributed by atoms with van der Waals surface area (Å²) in [6.07, 6.45) is 6.07. The van der Waals surface area contributed by atoms with Crippen LogP contribution in [0.15, 0.2) is 18.2 Å². The van der Waals surface area contributed by atoms with E-state index in [4.69, 9.17) is 23.2 Å². The molecule has 4 nitrogen and oxygen atoms in total. The number of hydrogen-bond acceptors (Lipinski definition) is 3. The van der Waals surface area contributed by atoms with Crippen molar-refractivity contribution in [1.82, 2.24) is 15.1 Å². The maximum atomic E-state index is 12.2. The van der Waals surface area contributed by atoms with Gasteiger partial charge in [0.2, 0.25) is 5.91 Å². The van der Waals surface area contributed by atoms with E-state index >= 15 is 0 Å². The summed E-state index contributed by atoms with van der Waals surface area (Å²) in [5.74, 6) is 0.175. The molecule has 25 heavy (non-hydrogen) atoms. The number of amides is 1. The Kier molecular flexibility index (Phi) is 7.00. The lowest BCUT2D eigenvalue weighted by molar-refractivity contribution is -0.123. The lowest BCUT2D eigenvalue weighted by Gasteiger charge is -2.35. The van der Waals surface area contributed by atoms with Crippen molar-refractivity contribution in [1.29, 1.82) is 0 Å². The summed E-state index contributed by atoms with van der Waals surface area (Å²) in [5.41, 5.74) is 0.995. The van der Waals surface area contributed by atoms with Crippen LogP contribution in [0.5, 0.6) is 0 Å². The van der Waals surface area contributed by atoms with Gasteiger partial charge in [-0.25, -0.2) is 0 Å². The predicted octanol–water partition coefficient (Wildman–Crippen LogP) is 3.56. The van der Waals surface area contributed by atoms with Gasteiger partial charge < -0.3 is 5.32 Å². The lowest BCUT2D eigenvalue weighted by atomic mass is 9.95. The zero-order valence-corrected chi connectivity index (χ0v) is 16.2. The molecule has 1 saturated carbocycles. The SMILES string of the molecule is O=C(CN1CCN(Cc2c(Cl)cccc2Cl)CC1)NC1CCCCC1. The molecule has 1 aliphatic heterocycles. The Morgan fingerprint density at radius 1 is 1.00 bits per heavy atom. The van der Waals surface area contributed by atoms with Crippen LogP contribution < -0.4 is 5.32 Å². The first kappa shape index (κ1) is 19.0. The summed E-state index contributed by atoms with van der Waals surface area (Å²) in [4.78, 5) is 16.8. The second-order valence-corrected chi connectivity index (χ2v) is 7.97. The van der Waals surface area contributed by atoms with Crippen molar-refractivity contribution in [3.05, 3.63) is 33.8 Å². The van der Waals surface area contributed by atoms with Gasteiger partial charge in [-0.15, -0.1) is 0 Å². The number of carbonyl (C=O) groups is 1. The maximum Gasteiger partial charge on any atom is 0.234 e. The van der Waals surface area contributed by atoms with Crippen LogP contribution in [0.2, 0.25) is 10.0 Å². The Hall–Kier alpha value is -0.810. The minimum Gasteiger partial charge on any atom is -0.352 e. The van der Waals surface area contributed by atoms with Gasteiger partial charge >= 0.3 is 0 Å². The number of piperazine rings is 1. The number of nitrogens with zero attached hydrogens (tertiary/aromatic N) is 2. The largest absolute Gasteiger partial charge is 0.352 e. The molecule has 138 valence electrons. The Bertz CT molecular complexity index is 562. The third kappa shape index (κ3) is 5.58. The molecule has 0 spiro atoms. The number of carbonyl (C=O) groups excluding carboxylic acids is 1. The van der Waals surface area contributed by atoms with Crippen LogP contribution in [-0.4, -0.2) is 54.5 Å². The number of nitrogens with one attached hydrogen (secondary N) is 1. The van der Waals surface area contributed by atoms with E-state index in [9.17, 15) is 4.79 Å². The van der Waals surface area contributed by atoms with E-state index in [0.29, 0.717) is 12.6 Å².